The lowest BCUT2D eigenvalue weighted by molar-refractivity contribution is -0.870. The van der Waals surface area contributed by atoms with E-state index in [2.05, 4.69) is 62.5 Å². The summed E-state index contributed by atoms with van der Waals surface area (Å²) < 4.78 is 30.6. The summed E-state index contributed by atoms with van der Waals surface area (Å²) in [4.78, 5) is 37.6. The molecule has 0 saturated carbocycles. The highest BCUT2D eigenvalue weighted by atomic mass is 31.2. The Labute approximate surface area is 427 Å². The molecule has 69 heavy (non-hydrogen) atoms. The fourth-order valence-corrected chi connectivity index (χ4v) is 9.00. The highest BCUT2D eigenvalue weighted by Crippen LogP contribution is 2.43. The maximum absolute atomic E-state index is 13.5. The number of nitrogens with one attached hydrogen (secondary N) is 1. The lowest BCUT2D eigenvalue weighted by Gasteiger charge is -2.27. The molecule has 3 unspecified atom stereocenters. The molecule has 0 bridgehead atoms. The number of phosphoric ester groups is 1. The molecule has 0 aliphatic carbocycles. The van der Waals surface area contributed by atoms with E-state index >= 15 is 0 Å². The summed E-state index contributed by atoms with van der Waals surface area (Å²) in [6.45, 7) is 6.90. The van der Waals surface area contributed by atoms with Gasteiger partial charge >= 0.3 is 13.8 Å². The van der Waals surface area contributed by atoms with E-state index in [0.717, 1.165) is 103 Å². The molecule has 0 aromatic heterocycles. The Kier molecular flexibility index (Phi) is 48.1. The fourth-order valence-electron chi connectivity index (χ4n) is 8.27. The van der Waals surface area contributed by atoms with Crippen LogP contribution in [-0.4, -0.2) is 74.3 Å². The Balaban J connectivity index is 5.38. The van der Waals surface area contributed by atoms with Crippen molar-refractivity contribution in [2.75, 3.05) is 40.9 Å². The maximum Gasteiger partial charge on any atom is 0.472 e. The maximum atomic E-state index is 13.5. The van der Waals surface area contributed by atoms with Crippen LogP contribution < -0.4 is 5.32 Å². The number of hydrogen-bond acceptors (Lipinski definition) is 6. The molecule has 0 aromatic rings. The van der Waals surface area contributed by atoms with Gasteiger partial charge in [0.2, 0.25) is 5.91 Å². The van der Waals surface area contributed by atoms with Crippen LogP contribution in [0.2, 0.25) is 0 Å². The summed E-state index contributed by atoms with van der Waals surface area (Å²) in [6, 6.07) is -0.854. The second kappa shape index (κ2) is 49.5. The molecule has 2 N–H and O–H groups in total. The third-order valence-electron chi connectivity index (χ3n) is 12.8. The number of carbonyl (C=O) groups excluding carboxylic acids is 2. The van der Waals surface area contributed by atoms with Gasteiger partial charge in [-0.25, -0.2) is 4.57 Å². The smallest absolute Gasteiger partial charge is 0.456 e. The Morgan fingerprint density at radius 3 is 1.39 bits per heavy atom. The molecule has 0 aliphatic heterocycles. The molecule has 404 valence electrons. The van der Waals surface area contributed by atoms with Crippen LogP contribution in [-0.2, 0) is 27.9 Å². The van der Waals surface area contributed by atoms with Gasteiger partial charge in [-0.05, 0) is 83.1 Å². The van der Waals surface area contributed by atoms with Crippen LogP contribution in [0.25, 0.3) is 0 Å². The quantitative estimate of drug-likeness (QED) is 0.0205. The minimum absolute atomic E-state index is 0.0374. The third-order valence-corrected chi connectivity index (χ3v) is 13.7. The first kappa shape index (κ1) is 67.0. The van der Waals surface area contributed by atoms with Crippen molar-refractivity contribution in [1.82, 2.24) is 5.32 Å². The van der Waals surface area contributed by atoms with Gasteiger partial charge in [0.1, 0.15) is 19.3 Å². The van der Waals surface area contributed by atoms with Crippen LogP contribution in [0.15, 0.2) is 48.6 Å². The van der Waals surface area contributed by atoms with Crippen molar-refractivity contribution in [3.63, 3.8) is 0 Å². The van der Waals surface area contributed by atoms with Crippen molar-refractivity contribution in [3.05, 3.63) is 48.6 Å². The molecule has 0 radical (unpaired) electrons. The molecule has 0 aliphatic rings. The minimum Gasteiger partial charge on any atom is -0.456 e. The van der Waals surface area contributed by atoms with Crippen LogP contribution in [0.1, 0.15) is 265 Å². The lowest BCUT2D eigenvalue weighted by atomic mass is 10.0. The van der Waals surface area contributed by atoms with Gasteiger partial charge in [0, 0.05) is 12.8 Å². The van der Waals surface area contributed by atoms with Gasteiger partial charge in [0.25, 0.3) is 0 Å². The van der Waals surface area contributed by atoms with Crippen molar-refractivity contribution < 1.29 is 37.3 Å². The highest BCUT2D eigenvalue weighted by molar-refractivity contribution is 7.47. The molecule has 0 spiro atoms. The van der Waals surface area contributed by atoms with E-state index < -0.39 is 20.0 Å². The second-order valence-electron chi connectivity index (χ2n) is 20.8. The first-order valence-electron chi connectivity index (χ1n) is 29.0. The molecule has 10 heteroatoms. The molecule has 0 aromatic carbocycles. The van der Waals surface area contributed by atoms with E-state index in [4.69, 9.17) is 13.8 Å². The number of ether oxygens (including phenoxy) is 1. The number of likely N-dealkylation sites (N-methyl/N-ethyl adjacent to an activating group) is 1. The van der Waals surface area contributed by atoms with Crippen LogP contribution in [0.3, 0.4) is 0 Å². The van der Waals surface area contributed by atoms with Gasteiger partial charge in [-0.2, -0.15) is 0 Å². The number of quaternary nitrogens is 1. The topological polar surface area (TPSA) is 111 Å². The third kappa shape index (κ3) is 50.7. The molecular weight excluding hydrogens is 880 g/mol. The van der Waals surface area contributed by atoms with Crippen LogP contribution >= 0.6 is 7.82 Å². The summed E-state index contributed by atoms with van der Waals surface area (Å²) >= 11 is 0. The zero-order chi connectivity index (χ0) is 50.8. The predicted octanol–water partition coefficient (Wildman–Crippen LogP) is 17.3. The Morgan fingerprint density at radius 1 is 0.522 bits per heavy atom. The summed E-state index contributed by atoms with van der Waals surface area (Å²) in [5.74, 6) is -0.520. The average molecular weight is 993 g/mol. The number of carbonyl (C=O) groups is 2. The normalized spacial score (nSPS) is 14.1. The van der Waals surface area contributed by atoms with Crippen LogP contribution in [0, 0.1) is 0 Å². The largest absolute Gasteiger partial charge is 0.472 e. The molecule has 9 nitrogen and oxygen atoms in total. The van der Waals surface area contributed by atoms with Crippen molar-refractivity contribution in [3.8, 4) is 0 Å². The van der Waals surface area contributed by atoms with Crippen molar-refractivity contribution in [1.29, 1.82) is 0 Å². The molecule has 1 amide bonds. The van der Waals surface area contributed by atoms with Gasteiger partial charge in [-0.3, -0.25) is 18.6 Å². The molecule has 3 atom stereocenters. The zero-order valence-corrected chi connectivity index (χ0v) is 47.0. The van der Waals surface area contributed by atoms with E-state index in [1.165, 1.54) is 128 Å². The Hall–Kier alpha value is -2.03. The lowest BCUT2D eigenvalue weighted by Crippen LogP contribution is -2.47. The monoisotopic (exact) mass is 992 g/mol. The van der Waals surface area contributed by atoms with Gasteiger partial charge in [0.15, 0.2) is 0 Å². The van der Waals surface area contributed by atoms with Crippen molar-refractivity contribution in [2.24, 2.45) is 0 Å². The number of nitrogens with zero attached hydrogens (tertiary/aromatic N) is 1. The number of allylic oxidation sites excluding steroid dienone is 7. The van der Waals surface area contributed by atoms with Crippen molar-refractivity contribution in [2.45, 2.75) is 277 Å². The van der Waals surface area contributed by atoms with E-state index in [9.17, 15) is 19.0 Å². The van der Waals surface area contributed by atoms with Gasteiger partial charge in [-0.1, -0.05) is 217 Å². The molecule has 0 rings (SSSR count). The number of phosphoric acid groups is 1. The molecular formula is C59H112N2O7P+. The number of amides is 1. The summed E-state index contributed by atoms with van der Waals surface area (Å²) in [5, 5.41) is 3.04. The van der Waals surface area contributed by atoms with Crippen LogP contribution in [0.4, 0.5) is 0 Å². The Bertz CT molecular complexity index is 1330. The minimum atomic E-state index is -4.45. The zero-order valence-electron chi connectivity index (χ0n) is 46.1. The van der Waals surface area contributed by atoms with Gasteiger partial charge in [0.05, 0.1) is 33.8 Å². The molecule has 0 heterocycles. The van der Waals surface area contributed by atoms with E-state index in [1.54, 1.807) is 0 Å². The summed E-state index contributed by atoms with van der Waals surface area (Å²) in [7, 11) is 1.49. The van der Waals surface area contributed by atoms with Gasteiger partial charge < -0.3 is 19.4 Å². The number of rotatable bonds is 52. The predicted molar refractivity (Wildman–Crippen MR) is 295 cm³/mol. The number of hydrogen-bond donors (Lipinski definition) is 2. The fraction of sp³-hybridized carbons (Fsp3) is 0.831. The first-order chi connectivity index (χ1) is 33.4. The average Bonchev–Trinajstić information content (AvgIpc) is 3.31. The second-order valence-corrected chi connectivity index (χ2v) is 22.2. The Morgan fingerprint density at radius 2 is 0.928 bits per heavy atom. The molecule has 0 saturated heterocycles. The van der Waals surface area contributed by atoms with E-state index in [1.807, 2.05) is 33.3 Å². The van der Waals surface area contributed by atoms with E-state index in [-0.39, 0.29) is 31.5 Å². The first-order valence-corrected chi connectivity index (χ1v) is 30.5. The van der Waals surface area contributed by atoms with Gasteiger partial charge in [-0.15, -0.1) is 0 Å². The van der Waals surface area contributed by atoms with Crippen molar-refractivity contribution >= 4 is 19.7 Å². The SMILES string of the molecule is CC/C=C/C/C=C/CCCCCCCCCC(=O)OC(/C=C/CCCCCCCCCCCCC)C(COP(=O)(O)OCC[N+](C)(C)C)NC(=O)CCCCCCC/C=C/CCCCCCCCC. The van der Waals surface area contributed by atoms with E-state index in [0.29, 0.717) is 17.4 Å². The number of unbranched alkanes of at least 4 members (excludes halogenated alkanes) is 30. The summed E-state index contributed by atoms with van der Waals surface area (Å²) in [6.07, 6.45) is 59.6. The highest BCUT2D eigenvalue weighted by Gasteiger charge is 2.30. The van der Waals surface area contributed by atoms with Crippen LogP contribution in [0.5, 0.6) is 0 Å². The number of esters is 1. The standard InChI is InChI=1S/C59H111N2O7P/c1-7-10-13-16-19-22-25-28-30-31-33-36-39-42-45-48-51-58(62)60-56(55-67-69(64,65)66-54-53-61(4,5)6)57(50-47-44-41-38-35-32-27-24-21-18-15-12-9-3)68-59(63)52-49-46-43-40-37-34-29-26-23-20-17-14-11-8-2/h11,14,20,23,30-31,47,50,56-57H,7-10,12-13,15-19,21-22,24-29,32-46,48-49,51-55H2,1-6H3,(H-,60,62,64,65)/p+1/b14-11+,23-20+,31-30+,50-47+. The summed E-state index contributed by atoms with van der Waals surface area (Å²) in [5.41, 5.74) is 0. The molecule has 0 fully saturated rings.